The minimum atomic E-state index is -1.03. The van der Waals surface area contributed by atoms with Crippen molar-refractivity contribution in [2.24, 2.45) is 11.8 Å². The number of aliphatic hydroxyl groups is 2. The number of rotatable bonds is 2. The fourth-order valence-corrected chi connectivity index (χ4v) is 4.38. The van der Waals surface area contributed by atoms with Gasteiger partial charge in [-0.05, 0) is 28.2 Å². The van der Waals surface area contributed by atoms with Crippen LogP contribution in [0, 0.1) is 11.8 Å². The van der Waals surface area contributed by atoms with Crippen LogP contribution >= 0.6 is 0 Å². The Morgan fingerprint density at radius 1 is 1.15 bits per heavy atom. The number of Topliss-reactive ketones (excluding diaryl/α,β-unsaturated/α-hetero) is 1. The van der Waals surface area contributed by atoms with Crippen molar-refractivity contribution in [3.8, 4) is 0 Å². The Morgan fingerprint density at radius 2 is 1.85 bits per heavy atom. The molecule has 6 heteroatoms. The fraction of sp³-hybridized carbons (Fsp3) is 0.524. The average Bonchev–Trinajstić information content (AvgIpc) is 3.02. The largest absolute Gasteiger partial charge is 0.388 e. The summed E-state index contributed by atoms with van der Waals surface area (Å²) in [6.07, 6.45) is 0.130. The molecule has 3 aliphatic rings. The maximum atomic E-state index is 13.1. The van der Waals surface area contributed by atoms with Gasteiger partial charge in [0.1, 0.15) is 5.78 Å². The molecule has 4 rings (SSSR count). The number of β-amino-alcohol motifs (C(OH)–C–C–N with tert-alkyl or cyclic N) is 1. The maximum Gasteiger partial charge on any atom is 0.252 e. The van der Waals surface area contributed by atoms with Gasteiger partial charge in [0.2, 0.25) is 0 Å². The third-order valence-corrected chi connectivity index (χ3v) is 5.93. The van der Waals surface area contributed by atoms with Crippen molar-refractivity contribution in [3.63, 3.8) is 0 Å². The van der Waals surface area contributed by atoms with E-state index in [0.29, 0.717) is 25.2 Å². The summed E-state index contributed by atoms with van der Waals surface area (Å²) in [6.45, 7) is 6.12. The van der Waals surface area contributed by atoms with Gasteiger partial charge in [0.25, 0.3) is 5.91 Å². The lowest BCUT2D eigenvalue weighted by atomic mass is 9.80. The zero-order chi connectivity index (χ0) is 19.3. The molecule has 0 spiro atoms. The lowest BCUT2D eigenvalue weighted by Crippen LogP contribution is -2.38. The number of ketones is 1. The van der Waals surface area contributed by atoms with Crippen molar-refractivity contribution in [1.29, 1.82) is 0 Å². The van der Waals surface area contributed by atoms with Crippen LogP contribution in [0.5, 0.6) is 0 Å². The SMILES string of the molecule is CC(C)C1C=C(C(=O)N2Cc3cc4c(cc3C2)C(O)CNC4)C(O)CC1=O. The maximum absolute atomic E-state index is 13.1. The van der Waals surface area contributed by atoms with E-state index in [0.717, 1.165) is 28.8 Å². The number of nitrogens with one attached hydrogen (secondary N) is 1. The second kappa shape index (κ2) is 6.86. The molecule has 0 bridgehead atoms. The Morgan fingerprint density at radius 3 is 2.56 bits per heavy atom. The van der Waals surface area contributed by atoms with Crippen LogP contribution in [0.3, 0.4) is 0 Å². The molecule has 1 aromatic carbocycles. The minimum absolute atomic E-state index is 0.00655. The number of hydrogen-bond donors (Lipinski definition) is 3. The number of fused-ring (bicyclic) bond motifs is 2. The normalized spacial score (nSPS) is 27.4. The van der Waals surface area contributed by atoms with Gasteiger partial charge in [0.05, 0.1) is 12.2 Å². The molecule has 0 radical (unpaired) electrons. The Kier molecular flexibility index (Phi) is 4.66. The number of aliphatic hydroxyl groups excluding tert-OH is 2. The Balaban J connectivity index is 1.58. The molecule has 3 atom stereocenters. The lowest BCUT2D eigenvalue weighted by Gasteiger charge is -2.28. The number of carbonyl (C=O) groups excluding carboxylic acids is 2. The van der Waals surface area contributed by atoms with E-state index in [4.69, 9.17) is 0 Å². The van der Waals surface area contributed by atoms with Crippen LogP contribution in [-0.2, 0) is 29.2 Å². The molecule has 0 aromatic heterocycles. The van der Waals surface area contributed by atoms with Crippen LogP contribution in [0.25, 0.3) is 0 Å². The van der Waals surface area contributed by atoms with Gasteiger partial charge in [-0.25, -0.2) is 0 Å². The number of hydrogen-bond acceptors (Lipinski definition) is 5. The summed E-state index contributed by atoms with van der Waals surface area (Å²) in [5, 5.41) is 23.7. The first-order chi connectivity index (χ1) is 12.8. The van der Waals surface area contributed by atoms with Gasteiger partial charge < -0.3 is 20.4 Å². The Labute approximate surface area is 158 Å². The van der Waals surface area contributed by atoms with E-state index >= 15 is 0 Å². The van der Waals surface area contributed by atoms with Gasteiger partial charge in [-0.3, -0.25) is 9.59 Å². The molecule has 1 aromatic rings. The number of benzene rings is 1. The third-order valence-electron chi connectivity index (χ3n) is 5.93. The molecular formula is C21H26N2O4. The molecule has 144 valence electrons. The van der Waals surface area contributed by atoms with Gasteiger partial charge in [-0.1, -0.05) is 32.1 Å². The monoisotopic (exact) mass is 370 g/mol. The zero-order valence-electron chi connectivity index (χ0n) is 15.7. The van der Waals surface area contributed by atoms with Gasteiger partial charge in [-0.15, -0.1) is 0 Å². The van der Waals surface area contributed by atoms with Crippen LogP contribution < -0.4 is 5.32 Å². The summed E-state index contributed by atoms with van der Waals surface area (Å²) in [7, 11) is 0. The summed E-state index contributed by atoms with van der Waals surface area (Å²) in [6, 6.07) is 4.08. The van der Waals surface area contributed by atoms with Crippen LogP contribution in [0.4, 0.5) is 0 Å². The quantitative estimate of drug-likeness (QED) is 0.728. The second-order valence-corrected chi connectivity index (χ2v) is 8.21. The third kappa shape index (κ3) is 3.22. The molecule has 0 fully saturated rings. The highest BCUT2D eigenvalue weighted by Gasteiger charge is 2.36. The van der Waals surface area contributed by atoms with Crippen LogP contribution in [-0.4, -0.2) is 39.5 Å². The van der Waals surface area contributed by atoms with Gasteiger partial charge in [0, 0.05) is 44.1 Å². The Hall–Kier alpha value is -2.02. The van der Waals surface area contributed by atoms with Gasteiger partial charge in [0.15, 0.2) is 0 Å². The first kappa shape index (κ1) is 18.3. The van der Waals surface area contributed by atoms with Crippen molar-refractivity contribution < 1.29 is 19.8 Å². The fourth-order valence-electron chi connectivity index (χ4n) is 4.38. The van der Waals surface area contributed by atoms with Gasteiger partial charge >= 0.3 is 0 Å². The second-order valence-electron chi connectivity index (χ2n) is 8.21. The standard InChI is InChI=1S/C21H26N2O4/c1-11(2)15-5-17(19(25)6-18(15)24)21(27)23-9-13-3-12-7-22-8-20(26)16(12)4-14(13)10-23/h3-5,11,15,19-20,22,25-26H,6-10H2,1-2H3. The number of amides is 1. The van der Waals surface area contributed by atoms with E-state index < -0.39 is 12.2 Å². The Bertz CT molecular complexity index is 830. The average molecular weight is 370 g/mol. The topological polar surface area (TPSA) is 89.9 Å². The molecule has 27 heavy (non-hydrogen) atoms. The summed E-state index contributed by atoms with van der Waals surface area (Å²) in [4.78, 5) is 26.9. The number of allylic oxidation sites excluding steroid dienone is 1. The molecule has 6 nitrogen and oxygen atoms in total. The highest BCUT2D eigenvalue weighted by molar-refractivity contribution is 5.99. The van der Waals surface area contributed by atoms with E-state index in [1.807, 2.05) is 19.9 Å². The predicted octanol–water partition coefficient (Wildman–Crippen LogP) is 1.20. The number of nitrogens with zero attached hydrogens (tertiary/aromatic N) is 1. The first-order valence-corrected chi connectivity index (χ1v) is 9.60. The van der Waals surface area contributed by atoms with Crippen molar-refractivity contribution in [2.45, 2.75) is 52.1 Å². The molecule has 3 N–H and O–H groups in total. The summed E-state index contributed by atoms with van der Waals surface area (Å²) >= 11 is 0. The van der Waals surface area contributed by atoms with Crippen molar-refractivity contribution in [1.82, 2.24) is 10.2 Å². The van der Waals surface area contributed by atoms with E-state index in [1.165, 1.54) is 0 Å². The molecule has 0 saturated carbocycles. The van der Waals surface area contributed by atoms with Crippen molar-refractivity contribution in [3.05, 3.63) is 46.0 Å². The number of carbonyl (C=O) groups is 2. The molecule has 1 amide bonds. The zero-order valence-corrected chi connectivity index (χ0v) is 15.7. The van der Waals surface area contributed by atoms with Crippen LogP contribution in [0.1, 0.15) is 48.6 Å². The predicted molar refractivity (Wildman–Crippen MR) is 99.4 cm³/mol. The van der Waals surface area contributed by atoms with Crippen LogP contribution in [0.15, 0.2) is 23.8 Å². The molecule has 0 saturated heterocycles. The lowest BCUT2D eigenvalue weighted by molar-refractivity contribution is -0.130. The van der Waals surface area contributed by atoms with E-state index in [2.05, 4.69) is 11.4 Å². The van der Waals surface area contributed by atoms with Gasteiger partial charge in [-0.2, -0.15) is 0 Å². The van der Waals surface area contributed by atoms with Crippen molar-refractivity contribution >= 4 is 11.7 Å². The summed E-state index contributed by atoms with van der Waals surface area (Å²) < 4.78 is 0. The molecule has 2 aliphatic heterocycles. The minimum Gasteiger partial charge on any atom is -0.388 e. The molecule has 2 heterocycles. The molecule has 3 unspecified atom stereocenters. The van der Waals surface area contributed by atoms with Crippen molar-refractivity contribution in [2.75, 3.05) is 6.54 Å². The molecular weight excluding hydrogens is 344 g/mol. The highest BCUT2D eigenvalue weighted by atomic mass is 16.3. The van der Waals surface area contributed by atoms with E-state index in [9.17, 15) is 19.8 Å². The van der Waals surface area contributed by atoms with Crippen LogP contribution in [0.2, 0.25) is 0 Å². The highest BCUT2D eigenvalue weighted by Crippen LogP contribution is 2.33. The molecule has 1 aliphatic carbocycles. The first-order valence-electron chi connectivity index (χ1n) is 9.60. The smallest absolute Gasteiger partial charge is 0.252 e. The van der Waals surface area contributed by atoms with E-state index in [1.54, 1.807) is 11.0 Å². The summed E-state index contributed by atoms with van der Waals surface area (Å²) in [5.74, 6) is -0.420. The summed E-state index contributed by atoms with van der Waals surface area (Å²) in [5.41, 5.74) is 4.48. The van der Waals surface area contributed by atoms with E-state index in [-0.39, 0.29) is 29.9 Å².